The normalized spacial score (nSPS) is 11.0. The van der Waals surface area contributed by atoms with Crippen molar-refractivity contribution in [3.05, 3.63) is 98.7 Å². The molecule has 0 aliphatic rings. The van der Waals surface area contributed by atoms with Crippen LogP contribution in [0.5, 0.6) is 11.5 Å². The Morgan fingerprint density at radius 2 is 1.89 bits per heavy atom. The molecule has 1 heterocycles. The van der Waals surface area contributed by atoms with Gasteiger partial charge in [-0.2, -0.15) is 5.10 Å². The number of hydrogen-bond acceptors (Lipinski definition) is 7. The average Bonchev–Trinajstić information content (AvgIpc) is 3.28. The number of nitrogens with one attached hydrogen (secondary N) is 1. The number of hydrogen-bond donors (Lipinski definition) is 1. The zero-order valence-corrected chi connectivity index (χ0v) is 19.4. The van der Waals surface area contributed by atoms with Crippen LogP contribution in [0.2, 0.25) is 0 Å². The number of halogens is 1. The van der Waals surface area contributed by atoms with Crippen LogP contribution in [0.25, 0.3) is 10.1 Å². The van der Waals surface area contributed by atoms with Crippen LogP contribution in [0.15, 0.2) is 71.8 Å². The van der Waals surface area contributed by atoms with Gasteiger partial charge in [0.2, 0.25) is 0 Å². The molecular formula is C25H20FN3O5S. The Hall–Kier alpha value is -4.31. The third kappa shape index (κ3) is 5.98. The standard InChI is InChI=1S/C25H20FN3O5S/c1-2-33-22-11-17(5-9-21(22)34-15-16-3-6-19(26)7-4-16)14-27-28-25(30)24-13-18-12-20(29(31)32)8-10-23(18)35-24/h3-14H,2,15H2,1H3,(H,28,30). The van der Waals surface area contributed by atoms with E-state index in [-0.39, 0.29) is 18.1 Å². The van der Waals surface area contributed by atoms with E-state index in [4.69, 9.17) is 9.47 Å². The maximum absolute atomic E-state index is 13.1. The first-order valence-corrected chi connectivity index (χ1v) is 11.4. The van der Waals surface area contributed by atoms with Gasteiger partial charge < -0.3 is 9.47 Å². The Balaban J connectivity index is 1.41. The van der Waals surface area contributed by atoms with Crippen LogP contribution in [-0.4, -0.2) is 23.7 Å². The molecule has 0 atom stereocenters. The Morgan fingerprint density at radius 1 is 1.09 bits per heavy atom. The third-order valence-corrected chi connectivity index (χ3v) is 6.00. The second-order valence-electron chi connectivity index (χ2n) is 7.34. The molecule has 10 heteroatoms. The number of non-ortho nitro benzene ring substituents is 1. The van der Waals surface area contributed by atoms with Gasteiger partial charge in [0.25, 0.3) is 11.6 Å². The largest absolute Gasteiger partial charge is 0.490 e. The van der Waals surface area contributed by atoms with Crippen LogP contribution in [0.1, 0.15) is 27.7 Å². The van der Waals surface area contributed by atoms with Crippen molar-refractivity contribution in [1.29, 1.82) is 0 Å². The molecule has 4 aromatic rings. The highest BCUT2D eigenvalue weighted by atomic mass is 32.1. The SMILES string of the molecule is CCOc1cc(C=NNC(=O)c2cc3cc([N+](=O)[O-])ccc3s2)ccc1OCc1ccc(F)cc1. The molecule has 4 rings (SSSR count). The number of nitrogens with zero attached hydrogens (tertiary/aromatic N) is 2. The van der Waals surface area contributed by atoms with E-state index in [1.807, 2.05) is 6.92 Å². The fourth-order valence-electron chi connectivity index (χ4n) is 3.21. The molecular weight excluding hydrogens is 473 g/mol. The minimum absolute atomic E-state index is 0.0320. The summed E-state index contributed by atoms with van der Waals surface area (Å²) in [5.74, 6) is 0.304. The van der Waals surface area contributed by atoms with Crippen molar-refractivity contribution < 1.29 is 23.6 Å². The maximum atomic E-state index is 13.1. The molecule has 3 aromatic carbocycles. The molecule has 8 nitrogen and oxygen atoms in total. The molecule has 0 unspecified atom stereocenters. The van der Waals surface area contributed by atoms with Crippen LogP contribution in [0, 0.1) is 15.9 Å². The van der Waals surface area contributed by atoms with E-state index in [1.54, 1.807) is 42.5 Å². The van der Waals surface area contributed by atoms with E-state index in [9.17, 15) is 19.3 Å². The molecule has 0 fully saturated rings. The van der Waals surface area contributed by atoms with Gasteiger partial charge in [-0.05, 0) is 60.5 Å². The number of rotatable bonds is 9. The van der Waals surface area contributed by atoms with Crippen molar-refractivity contribution >= 4 is 39.2 Å². The monoisotopic (exact) mass is 493 g/mol. The summed E-state index contributed by atoms with van der Waals surface area (Å²) in [6.45, 7) is 2.53. The number of benzene rings is 3. The zero-order chi connectivity index (χ0) is 24.8. The van der Waals surface area contributed by atoms with E-state index in [2.05, 4.69) is 10.5 Å². The minimum atomic E-state index is -0.475. The second kappa shape index (κ2) is 10.7. The number of nitro benzene ring substituents is 1. The van der Waals surface area contributed by atoms with E-state index >= 15 is 0 Å². The number of hydrazone groups is 1. The lowest BCUT2D eigenvalue weighted by Crippen LogP contribution is -2.16. The molecule has 0 saturated carbocycles. The Kier molecular flexibility index (Phi) is 7.32. The highest BCUT2D eigenvalue weighted by Crippen LogP contribution is 2.30. The van der Waals surface area contributed by atoms with Crippen molar-refractivity contribution in [3.63, 3.8) is 0 Å². The molecule has 0 aliphatic heterocycles. The van der Waals surface area contributed by atoms with Gasteiger partial charge in [-0.1, -0.05) is 12.1 Å². The Labute approximate surface area is 203 Å². The molecule has 178 valence electrons. The molecule has 0 aliphatic carbocycles. The molecule has 0 radical (unpaired) electrons. The number of amides is 1. The fourth-order valence-corrected chi connectivity index (χ4v) is 4.14. The van der Waals surface area contributed by atoms with Crippen molar-refractivity contribution in [2.75, 3.05) is 6.61 Å². The molecule has 35 heavy (non-hydrogen) atoms. The molecule has 1 N–H and O–H groups in total. The summed E-state index contributed by atoms with van der Waals surface area (Å²) in [5.41, 5.74) is 3.93. The summed E-state index contributed by atoms with van der Waals surface area (Å²) >= 11 is 1.22. The quantitative estimate of drug-likeness (QED) is 0.183. The average molecular weight is 494 g/mol. The van der Waals surface area contributed by atoms with E-state index in [0.717, 1.165) is 10.3 Å². The van der Waals surface area contributed by atoms with Crippen LogP contribution in [0.4, 0.5) is 10.1 Å². The molecule has 0 saturated heterocycles. The minimum Gasteiger partial charge on any atom is -0.490 e. The molecule has 1 amide bonds. The Bertz CT molecular complexity index is 1400. The predicted octanol–water partition coefficient (Wildman–Crippen LogP) is 5.69. The first kappa shape index (κ1) is 23.8. The van der Waals surface area contributed by atoms with Crippen LogP contribution >= 0.6 is 11.3 Å². The second-order valence-corrected chi connectivity index (χ2v) is 8.43. The lowest BCUT2D eigenvalue weighted by molar-refractivity contribution is -0.384. The van der Waals surface area contributed by atoms with Crippen molar-refractivity contribution in [2.24, 2.45) is 5.10 Å². The topological polar surface area (TPSA) is 103 Å². The lowest BCUT2D eigenvalue weighted by Gasteiger charge is -2.12. The van der Waals surface area contributed by atoms with Crippen molar-refractivity contribution in [1.82, 2.24) is 5.43 Å². The highest BCUT2D eigenvalue weighted by Gasteiger charge is 2.13. The number of carbonyl (C=O) groups excluding carboxylic acids is 1. The van der Waals surface area contributed by atoms with Crippen LogP contribution < -0.4 is 14.9 Å². The molecule has 0 bridgehead atoms. The van der Waals surface area contributed by atoms with Gasteiger partial charge in [-0.15, -0.1) is 11.3 Å². The summed E-state index contributed by atoms with van der Waals surface area (Å²) in [7, 11) is 0. The summed E-state index contributed by atoms with van der Waals surface area (Å²) in [6.07, 6.45) is 1.47. The van der Waals surface area contributed by atoms with Crippen molar-refractivity contribution in [2.45, 2.75) is 13.5 Å². The van der Waals surface area contributed by atoms with Gasteiger partial charge >= 0.3 is 0 Å². The van der Waals surface area contributed by atoms with E-state index in [0.29, 0.717) is 33.9 Å². The Morgan fingerprint density at radius 3 is 2.63 bits per heavy atom. The summed E-state index contributed by atoms with van der Waals surface area (Å²) in [5, 5.41) is 15.6. The van der Waals surface area contributed by atoms with Crippen LogP contribution in [-0.2, 0) is 6.61 Å². The summed E-state index contributed by atoms with van der Waals surface area (Å²) in [6, 6.07) is 17.3. The fraction of sp³-hybridized carbons (Fsp3) is 0.120. The van der Waals surface area contributed by atoms with Crippen molar-refractivity contribution in [3.8, 4) is 11.5 Å². The number of nitro groups is 1. The summed E-state index contributed by atoms with van der Waals surface area (Å²) < 4.78 is 25.3. The maximum Gasteiger partial charge on any atom is 0.281 e. The molecule has 0 spiro atoms. The number of ether oxygens (including phenoxy) is 2. The van der Waals surface area contributed by atoms with Gasteiger partial charge in [-0.25, -0.2) is 9.82 Å². The smallest absolute Gasteiger partial charge is 0.281 e. The first-order valence-electron chi connectivity index (χ1n) is 10.6. The van der Waals surface area contributed by atoms with Gasteiger partial charge in [0, 0.05) is 22.2 Å². The van der Waals surface area contributed by atoms with E-state index < -0.39 is 10.8 Å². The number of fused-ring (bicyclic) bond motifs is 1. The lowest BCUT2D eigenvalue weighted by atomic mass is 10.2. The number of thiophene rings is 1. The van der Waals surface area contributed by atoms with Gasteiger partial charge in [0.05, 0.1) is 22.6 Å². The van der Waals surface area contributed by atoms with Gasteiger partial charge in [-0.3, -0.25) is 14.9 Å². The number of carbonyl (C=O) groups is 1. The molecule has 1 aromatic heterocycles. The predicted molar refractivity (Wildman–Crippen MR) is 132 cm³/mol. The van der Waals surface area contributed by atoms with Gasteiger partial charge in [0.1, 0.15) is 12.4 Å². The first-order chi connectivity index (χ1) is 16.9. The third-order valence-electron chi connectivity index (χ3n) is 4.89. The zero-order valence-electron chi connectivity index (χ0n) is 18.6. The van der Waals surface area contributed by atoms with Crippen LogP contribution in [0.3, 0.4) is 0 Å². The summed E-state index contributed by atoms with van der Waals surface area (Å²) in [4.78, 5) is 23.3. The van der Waals surface area contributed by atoms with Gasteiger partial charge in [0.15, 0.2) is 11.5 Å². The highest BCUT2D eigenvalue weighted by molar-refractivity contribution is 7.20. The van der Waals surface area contributed by atoms with E-state index in [1.165, 1.54) is 41.8 Å².